The second-order valence-electron chi connectivity index (χ2n) is 6.86. The molecule has 5 aromatic rings. The molecule has 0 spiro atoms. The summed E-state index contributed by atoms with van der Waals surface area (Å²) in [5.41, 5.74) is 5.88. The topological polar surface area (TPSA) is 25.8 Å². The zero-order valence-corrected chi connectivity index (χ0v) is 15.6. The highest BCUT2D eigenvalue weighted by Crippen LogP contribution is 2.30. The maximum atomic E-state index is 13.3. The Morgan fingerprint density at radius 3 is 1.83 bits per heavy atom. The van der Waals surface area contributed by atoms with Gasteiger partial charge < -0.3 is 0 Å². The lowest BCUT2D eigenvalue weighted by Crippen LogP contribution is -1.95. The Morgan fingerprint density at radius 2 is 1.07 bits per heavy atom. The number of hydrogen-bond donors (Lipinski definition) is 0. The lowest BCUT2D eigenvalue weighted by molar-refractivity contribution is 0.628. The van der Waals surface area contributed by atoms with E-state index in [1.165, 1.54) is 17.7 Å². The number of rotatable bonds is 3. The first-order valence-electron chi connectivity index (χ1n) is 9.46. The van der Waals surface area contributed by atoms with Gasteiger partial charge in [0.15, 0.2) is 5.82 Å². The molecule has 3 heteroatoms. The van der Waals surface area contributed by atoms with E-state index in [0.717, 1.165) is 33.3 Å². The van der Waals surface area contributed by atoms with Gasteiger partial charge in [-0.3, -0.25) is 0 Å². The zero-order chi connectivity index (χ0) is 19.6. The Kier molecular flexibility index (Phi) is 4.34. The number of fused-ring (bicyclic) bond motifs is 1. The summed E-state index contributed by atoms with van der Waals surface area (Å²) in [6, 6.07) is 32.9. The number of hydrogen-bond acceptors (Lipinski definition) is 2. The summed E-state index contributed by atoms with van der Waals surface area (Å²) in [7, 11) is 0. The highest BCUT2D eigenvalue weighted by molar-refractivity contribution is 5.93. The molecule has 0 N–H and O–H groups in total. The molecule has 0 fully saturated rings. The highest BCUT2D eigenvalue weighted by Gasteiger charge is 2.11. The monoisotopic (exact) mass is 376 g/mol. The van der Waals surface area contributed by atoms with Crippen LogP contribution in [0.15, 0.2) is 103 Å². The molecule has 4 aromatic carbocycles. The number of benzene rings is 4. The van der Waals surface area contributed by atoms with Crippen LogP contribution in [0.2, 0.25) is 0 Å². The summed E-state index contributed by atoms with van der Waals surface area (Å²) >= 11 is 0. The minimum absolute atomic E-state index is 0.272. The van der Waals surface area contributed by atoms with Crippen molar-refractivity contribution in [2.24, 2.45) is 0 Å². The summed E-state index contributed by atoms with van der Waals surface area (Å²) in [5, 5.41) is 0.992. The van der Waals surface area contributed by atoms with E-state index in [1.54, 1.807) is 12.1 Å². The van der Waals surface area contributed by atoms with Gasteiger partial charge in [0.1, 0.15) is 5.82 Å². The van der Waals surface area contributed by atoms with Gasteiger partial charge in [0, 0.05) is 16.5 Å². The van der Waals surface area contributed by atoms with Crippen LogP contribution in [0.5, 0.6) is 0 Å². The van der Waals surface area contributed by atoms with Crippen molar-refractivity contribution >= 4 is 10.9 Å². The van der Waals surface area contributed by atoms with Crippen molar-refractivity contribution in [1.82, 2.24) is 9.97 Å². The van der Waals surface area contributed by atoms with E-state index in [9.17, 15) is 4.39 Å². The fourth-order valence-electron chi connectivity index (χ4n) is 3.48. The zero-order valence-electron chi connectivity index (χ0n) is 15.6. The molecule has 5 rings (SSSR count). The smallest absolute Gasteiger partial charge is 0.160 e. The maximum Gasteiger partial charge on any atom is 0.160 e. The molecule has 0 atom stereocenters. The molecule has 0 aliphatic carbocycles. The van der Waals surface area contributed by atoms with Crippen molar-refractivity contribution < 1.29 is 4.39 Å². The van der Waals surface area contributed by atoms with Crippen LogP contribution in [0.4, 0.5) is 4.39 Å². The maximum absolute atomic E-state index is 13.3. The van der Waals surface area contributed by atoms with Gasteiger partial charge in [-0.15, -0.1) is 0 Å². The highest BCUT2D eigenvalue weighted by atomic mass is 19.1. The normalized spacial score (nSPS) is 10.9. The minimum Gasteiger partial charge on any atom is -0.228 e. The number of para-hydroxylation sites is 1. The third-order valence-corrected chi connectivity index (χ3v) is 4.97. The first kappa shape index (κ1) is 17.3. The molecule has 138 valence electrons. The number of nitrogens with zero attached hydrogens (tertiary/aromatic N) is 2. The Labute approximate surface area is 168 Å². The van der Waals surface area contributed by atoms with Crippen molar-refractivity contribution in [2.45, 2.75) is 0 Å². The van der Waals surface area contributed by atoms with Crippen molar-refractivity contribution in [3.63, 3.8) is 0 Å². The first-order valence-corrected chi connectivity index (χ1v) is 9.46. The average Bonchev–Trinajstić information content (AvgIpc) is 2.79. The largest absolute Gasteiger partial charge is 0.228 e. The lowest BCUT2D eigenvalue weighted by Gasteiger charge is -2.10. The van der Waals surface area contributed by atoms with Crippen molar-refractivity contribution in [2.75, 3.05) is 0 Å². The summed E-state index contributed by atoms with van der Waals surface area (Å²) in [5.74, 6) is 0.317. The van der Waals surface area contributed by atoms with Gasteiger partial charge in [0.25, 0.3) is 0 Å². The van der Waals surface area contributed by atoms with E-state index in [-0.39, 0.29) is 5.82 Å². The quantitative estimate of drug-likeness (QED) is 0.347. The van der Waals surface area contributed by atoms with Crippen LogP contribution in [0, 0.1) is 5.82 Å². The van der Waals surface area contributed by atoms with E-state index in [0.29, 0.717) is 5.82 Å². The molecule has 0 aliphatic rings. The third kappa shape index (κ3) is 3.39. The summed E-state index contributed by atoms with van der Waals surface area (Å²) in [6.45, 7) is 0. The van der Waals surface area contributed by atoms with Crippen molar-refractivity contribution in [3.05, 3.63) is 109 Å². The predicted molar refractivity (Wildman–Crippen MR) is 116 cm³/mol. The Morgan fingerprint density at radius 1 is 0.483 bits per heavy atom. The van der Waals surface area contributed by atoms with Gasteiger partial charge >= 0.3 is 0 Å². The number of aromatic nitrogens is 2. The van der Waals surface area contributed by atoms with Crippen LogP contribution in [0.3, 0.4) is 0 Å². The predicted octanol–water partition coefficient (Wildman–Crippen LogP) is 6.77. The van der Waals surface area contributed by atoms with Crippen molar-refractivity contribution in [1.29, 1.82) is 0 Å². The molecular formula is C26H17FN2. The molecule has 1 aromatic heterocycles. The van der Waals surface area contributed by atoms with E-state index < -0.39 is 0 Å². The van der Waals surface area contributed by atoms with Gasteiger partial charge in [-0.05, 0) is 41.5 Å². The molecule has 0 unspecified atom stereocenters. The SMILES string of the molecule is Fc1ccc(-c2nc(-c3ccc(-c4ccccc4)cc3)c3ccccc3n2)cc1. The average molecular weight is 376 g/mol. The minimum atomic E-state index is -0.272. The second kappa shape index (κ2) is 7.28. The molecule has 0 amide bonds. The summed E-state index contributed by atoms with van der Waals surface area (Å²) in [6.07, 6.45) is 0. The summed E-state index contributed by atoms with van der Waals surface area (Å²) < 4.78 is 13.3. The molecule has 0 radical (unpaired) electrons. The molecule has 0 saturated carbocycles. The Hall–Kier alpha value is -3.85. The van der Waals surface area contributed by atoms with Crippen molar-refractivity contribution in [3.8, 4) is 33.8 Å². The van der Waals surface area contributed by atoms with E-state index in [4.69, 9.17) is 9.97 Å². The molecule has 2 nitrogen and oxygen atoms in total. The number of halogens is 1. The van der Waals surface area contributed by atoms with Gasteiger partial charge in [0.05, 0.1) is 11.2 Å². The van der Waals surface area contributed by atoms with E-state index >= 15 is 0 Å². The van der Waals surface area contributed by atoms with Crippen LogP contribution in [-0.2, 0) is 0 Å². The molecule has 0 bridgehead atoms. The van der Waals surface area contributed by atoms with Gasteiger partial charge in [-0.2, -0.15) is 0 Å². The van der Waals surface area contributed by atoms with Crippen LogP contribution in [-0.4, -0.2) is 9.97 Å². The summed E-state index contributed by atoms with van der Waals surface area (Å²) in [4.78, 5) is 9.53. The van der Waals surface area contributed by atoms with Crippen LogP contribution in [0.25, 0.3) is 44.7 Å². The molecule has 0 aliphatic heterocycles. The molecule has 0 saturated heterocycles. The third-order valence-electron chi connectivity index (χ3n) is 4.97. The van der Waals surface area contributed by atoms with Crippen LogP contribution < -0.4 is 0 Å². The van der Waals surface area contributed by atoms with Crippen LogP contribution >= 0.6 is 0 Å². The van der Waals surface area contributed by atoms with Gasteiger partial charge in [0.2, 0.25) is 0 Å². The Bertz CT molecular complexity index is 1280. The molecule has 1 heterocycles. The van der Waals surface area contributed by atoms with E-state index in [2.05, 4.69) is 36.4 Å². The first-order chi connectivity index (χ1) is 14.3. The molecule has 29 heavy (non-hydrogen) atoms. The van der Waals surface area contributed by atoms with Crippen LogP contribution in [0.1, 0.15) is 0 Å². The van der Waals surface area contributed by atoms with E-state index in [1.807, 2.05) is 42.5 Å². The standard InChI is InChI=1S/C26H17FN2/c27-22-16-14-21(15-17-22)26-28-24-9-5-4-8-23(24)25(29-26)20-12-10-19(11-13-20)18-6-2-1-3-7-18/h1-17H. The lowest BCUT2D eigenvalue weighted by atomic mass is 10.0. The molecular weight excluding hydrogens is 359 g/mol. The fourth-order valence-corrected chi connectivity index (χ4v) is 3.48. The Balaban J connectivity index is 1.64. The second-order valence-corrected chi connectivity index (χ2v) is 6.86. The van der Waals surface area contributed by atoms with Gasteiger partial charge in [-0.1, -0.05) is 72.8 Å². The fraction of sp³-hybridized carbons (Fsp3) is 0. The van der Waals surface area contributed by atoms with Gasteiger partial charge in [-0.25, -0.2) is 14.4 Å².